The second kappa shape index (κ2) is 5.99. The molecule has 0 spiro atoms. The second-order valence-corrected chi connectivity index (χ2v) is 6.47. The first-order chi connectivity index (χ1) is 9.37. The molecule has 0 saturated carbocycles. The van der Waals surface area contributed by atoms with Gasteiger partial charge in [0.2, 0.25) is 5.91 Å². The van der Waals surface area contributed by atoms with E-state index in [9.17, 15) is 9.59 Å². The Labute approximate surface area is 120 Å². The lowest BCUT2D eigenvalue weighted by molar-refractivity contribution is -0.133. The van der Waals surface area contributed by atoms with Crippen LogP contribution in [-0.4, -0.2) is 66.2 Å². The molecule has 2 heterocycles. The van der Waals surface area contributed by atoms with E-state index in [1.54, 1.807) is 4.90 Å². The Kier molecular flexibility index (Phi) is 4.52. The zero-order valence-corrected chi connectivity index (χ0v) is 12.6. The average molecular weight is 283 g/mol. The number of carbonyl (C=O) groups is 2. The molecule has 1 unspecified atom stereocenters. The minimum Gasteiger partial charge on any atom is -0.444 e. The summed E-state index contributed by atoms with van der Waals surface area (Å²) in [5.41, 5.74) is -0.504. The van der Waals surface area contributed by atoms with Crippen molar-refractivity contribution in [1.82, 2.24) is 15.1 Å². The van der Waals surface area contributed by atoms with Crippen molar-refractivity contribution in [2.24, 2.45) is 0 Å². The molecule has 2 aliphatic rings. The monoisotopic (exact) mass is 283 g/mol. The Morgan fingerprint density at radius 2 is 1.75 bits per heavy atom. The van der Waals surface area contributed by atoms with Crippen molar-refractivity contribution < 1.29 is 14.3 Å². The van der Waals surface area contributed by atoms with Crippen LogP contribution in [0.5, 0.6) is 0 Å². The van der Waals surface area contributed by atoms with Gasteiger partial charge in [0.1, 0.15) is 11.6 Å². The van der Waals surface area contributed by atoms with Crippen molar-refractivity contribution in [2.75, 3.05) is 32.7 Å². The van der Waals surface area contributed by atoms with Crippen LogP contribution < -0.4 is 5.32 Å². The Morgan fingerprint density at radius 1 is 1.10 bits per heavy atom. The molecule has 0 aromatic rings. The van der Waals surface area contributed by atoms with Gasteiger partial charge in [-0.2, -0.15) is 0 Å². The lowest BCUT2D eigenvalue weighted by atomic mass is 10.2. The maximum Gasteiger partial charge on any atom is 0.410 e. The van der Waals surface area contributed by atoms with Crippen molar-refractivity contribution in [3.63, 3.8) is 0 Å². The van der Waals surface area contributed by atoms with Crippen LogP contribution in [0.2, 0.25) is 0 Å². The van der Waals surface area contributed by atoms with Gasteiger partial charge >= 0.3 is 6.09 Å². The van der Waals surface area contributed by atoms with Crippen molar-refractivity contribution in [2.45, 2.75) is 45.3 Å². The quantitative estimate of drug-likeness (QED) is 0.774. The highest BCUT2D eigenvalue weighted by atomic mass is 16.6. The standard InChI is InChI=1S/C14H25N3O3/c1-14(2,3)20-13(19)17-9-6-15-11(10-17)12(18)16-7-4-5-8-16/h11,15H,4-10H2,1-3H3. The summed E-state index contributed by atoms with van der Waals surface area (Å²) in [6.45, 7) is 8.82. The molecule has 2 saturated heterocycles. The summed E-state index contributed by atoms with van der Waals surface area (Å²) >= 11 is 0. The first kappa shape index (κ1) is 15.1. The minimum absolute atomic E-state index is 0.107. The number of piperazine rings is 1. The van der Waals surface area contributed by atoms with Gasteiger partial charge in [0.25, 0.3) is 0 Å². The fourth-order valence-corrected chi connectivity index (χ4v) is 2.57. The van der Waals surface area contributed by atoms with Crippen LogP contribution in [0.3, 0.4) is 0 Å². The van der Waals surface area contributed by atoms with E-state index in [-0.39, 0.29) is 18.0 Å². The maximum absolute atomic E-state index is 12.3. The van der Waals surface area contributed by atoms with Crippen molar-refractivity contribution >= 4 is 12.0 Å². The van der Waals surface area contributed by atoms with E-state index in [0.717, 1.165) is 25.9 Å². The summed E-state index contributed by atoms with van der Waals surface area (Å²) in [6, 6.07) is -0.297. The van der Waals surface area contributed by atoms with E-state index in [0.29, 0.717) is 19.6 Å². The van der Waals surface area contributed by atoms with Crippen molar-refractivity contribution in [1.29, 1.82) is 0 Å². The molecule has 6 heteroatoms. The summed E-state index contributed by atoms with van der Waals surface area (Å²) in [5.74, 6) is 0.107. The van der Waals surface area contributed by atoms with Gasteiger partial charge in [0.05, 0.1) is 0 Å². The third-order valence-corrected chi connectivity index (χ3v) is 3.54. The molecule has 20 heavy (non-hydrogen) atoms. The smallest absolute Gasteiger partial charge is 0.410 e. The molecule has 0 aromatic carbocycles. The van der Waals surface area contributed by atoms with Gasteiger partial charge in [0.15, 0.2) is 0 Å². The summed E-state index contributed by atoms with van der Waals surface area (Å²) in [7, 11) is 0. The Balaban J connectivity index is 1.91. The normalized spacial score (nSPS) is 23.9. The number of carbonyl (C=O) groups excluding carboxylic acids is 2. The third kappa shape index (κ3) is 3.85. The van der Waals surface area contributed by atoms with E-state index in [2.05, 4.69) is 5.32 Å². The van der Waals surface area contributed by atoms with E-state index >= 15 is 0 Å². The van der Waals surface area contributed by atoms with Gasteiger partial charge < -0.3 is 19.9 Å². The molecule has 0 bridgehead atoms. The molecule has 0 aliphatic carbocycles. The summed E-state index contributed by atoms with van der Waals surface area (Å²) in [6.07, 6.45) is 1.82. The van der Waals surface area contributed by atoms with Gasteiger partial charge in [0, 0.05) is 32.7 Å². The van der Waals surface area contributed by atoms with E-state index in [1.807, 2.05) is 25.7 Å². The number of likely N-dealkylation sites (tertiary alicyclic amines) is 1. The summed E-state index contributed by atoms with van der Waals surface area (Å²) in [4.78, 5) is 27.9. The molecule has 0 radical (unpaired) electrons. The number of amides is 2. The molecule has 1 N–H and O–H groups in total. The lowest BCUT2D eigenvalue weighted by Crippen LogP contribution is -2.59. The van der Waals surface area contributed by atoms with Gasteiger partial charge in [-0.05, 0) is 33.6 Å². The Bertz CT molecular complexity index is 372. The largest absolute Gasteiger partial charge is 0.444 e. The zero-order valence-electron chi connectivity index (χ0n) is 12.6. The third-order valence-electron chi connectivity index (χ3n) is 3.54. The minimum atomic E-state index is -0.504. The molecular formula is C14H25N3O3. The highest BCUT2D eigenvalue weighted by Gasteiger charge is 2.33. The fourth-order valence-electron chi connectivity index (χ4n) is 2.57. The van der Waals surface area contributed by atoms with Crippen molar-refractivity contribution in [3.05, 3.63) is 0 Å². The van der Waals surface area contributed by atoms with Crippen LogP contribution in [-0.2, 0) is 9.53 Å². The maximum atomic E-state index is 12.3. The molecule has 2 aliphatic heterocycles. The Morgan fingerprint density at radius 3 is 2.35 bits per heavy atom. The van der Waals surface area contributed by atoms with Crippen LogP contribution in [0.1, 0.15) is 33.6 Å². The highest BCUT2D eigenvalue weighted by Crippen LogP contribution is 2.14. The summed E-state index contributed by atoms with van der Waals surface area (Å²) in [5, 5.41) is 3.20. The molecule has 2 rings (SSSR count). The number of nitrogens with one attached hydrogen (secondary N) is 1. The Hall–Kier alpha value is -1.30. The van der Waals surface area contributed by atoms with Crippen LogP contribution >= 0.6 is 0 Å². The number of rotatable bonds is 1. The van der Waals surface area contributed by atoms with E-state index in [4.69, 9.17) is 4.74 Å². The molecule has 2 fully saturated rings. The SMILES string of the molecule is CC(C)(C)OC(=O)N1CCNC(C(=O)N2CCCC2)C1. The average Bonchev–Trinajstić information content (AvgIpc) is 2.90. The number of nitrogens with zero attached hydrogens (tertiary/aromatic N) is 2. The van der Waals surface area contributed by atoms with Crippen LogP contribution in [0.15, 0.2) is 0 Å². The molecular weight excluding hydrogens is 258 g/mol. The zero-order chi connectivity index (χ0) is 14.8. The van der Waals surface area contributed by atoms with Crippen LogP contribution in [0.25, 0.3) is 0 Å². The predicted molar refractivity (Wildman–Crippen MR) is 75.4 cm³/mol. The van der Waals surface area contributed by atoms with Crippen LogP contribution in [0, 0.1) is 0 Å². The van der Waals surface area contributed by atoms with E-state index in [1.165, 1.54) is 0 Å². The van der Waals surface area contributed by atoms with Gasteiger partial charge in [-0.1, -0.05) is 0 Å². The lowest BCUT2D eigenvalue weighted by Gasteiger charge is -2.35. The topological polar surface area (TPSA) is 61.9 Å². The first-order valence-corrected chi connectivity index (χ1v) is 7.37. The van der Waals surface area contributed by atoms with E-state index < -0.39 is 5.60 Å². The second-order valence-electron chi connectivity index (χ2n) is 6.47. The first-order valence-electron chi connectivity index (χ1n) is 7.37. The molecule has 1 atom stereocenters. The molecule has 6 nitrogen and oxygen atoms in total. The number of hydrogen-bond donors (Lipinski definition) is 1. The van der Waals surface area contributed by atoms with Crippen molar-refractivity contribution in [3.8, 4) is 0 Å². The van der Waals surface area contributed by atoms with Gasteiger partial charge in [-0.3, -0.25) is 4.79 Å². The van der Waals surface area contributed by atoms with Gasteiger partial charge in [-0.15, -0.1) is 0 Å². The number of ether oxygens (including phenoxy) is 1. The fraction of sp³-hybridized carbons (Fsp3) is 0.857. The van der Waals surface area contributed by atoms with Gasteiger partial charge in [-0.25, -0.2) is 4.79 Å². The highest BCUT2D eigenvalue weighted by molar-refractivity contribution is 5.83. The molecule has 114 valence electrons. The summed E-state index contributed by atoms with van der Waals surface area (Å²) < 4.78 is 5.37. The molecule has 0 aromatic heterocycles. The number of hydrogen-bond acceptors (Lipinski definition) is 4. The van der Waals surface area contributed by atoms with Crippen LogP contribution in [0.4, 0.5) is 4.79 Å². The predicted octanol–water partition coefficient (Wildman–Crippen LogP) is 0.818. The molecule has 2 amide bonds.